The van der Waals surface area contributed by atoms with Crippen LogP contribution in [-0.4, -0.2) is 28.6 Å². The molecule has 0 fully saturated rings. The number of aromatic carboxylic acids is 1. The van der Waals surface area contributed by atoms with Gasteiger partial charge in [-0.1, -0.05) is 15.9 Å². The molecule has 2 amide bonds. The lowest BCUT2D eigenvalue weighted by molar-refractivity contribution is 0.0698. The molecule has 0 saturated carbocycles. The van der Waals surface area contributed by atoms with Crippen molar-refractivity contribution in [3.05, 3.63) is 44.8 Å². The Morgan fingerprint density at radius 1 is 1.38 bits per heavy atom. The Bertz CT molecular complexity index is 646. The number of benzene rings is 1. The zero-order valence-corrected chi connectivity index (χ0v) is 13.2. The van der Waals surface area contributed by atoms with Gasteiger partial charge in [0, 0.05) is 29.0 Å². The van der Waals surface area contributed by atoms with Crippen molar-refractivity contribution in [3.8, 4) is 0 Å². The van der Waals surface area contributed by atoms with Gasteiger partial charge < -0.3 is 15.7 Å². The predicted octanol–water partition coefficient (Wildman–Crippen LogP) is 2.97. The highest BCUT2D eigenvalue weighted by Crippen LogP contribution is 2.21. The maximum Gasteiger partial charge on any atom is 0.337 e. The monoisotopic (exact) mass is 369 g/mol. The SMILES string of the molecule is O=C(NCCc1nccs1)Nc1ccc(Br)cc1C(=O)O. The molecule has 0 aliphatic heterocycles. The van der Waals surface area contributed by atoms with E-state index in [1.807, 2.05) is 5.38 Å². The van der Waals surface area contributed by atoms with Crippen molar-refractivity contribution in [1.29, 1.82) is 0 Å². The maximum atomic E-state index is 11.8. The normalized spacial score (nSPS) is 10.1. The molecule has 2 rings (SSSR count). The molecule has 0 atom stereocenters. The van der Waals surface area contributed by atoms with E-state index < -0.39 is 12.0 Å². The third kappa shape index (κ3) is 4.54. The Kier molecular flexibility index (Phi) is 5.29. The number of carboxylic acids is 1. The van der Waals surface area contributed by atoms with Gasteiger partial charge in [0.25, 0.3) is 0 Å². The average Bonchev–Trinajstić information content (AvgIpc) is 2.94. The van der Waals surface area contributed by atoms with Gasteiger partial charge >= 0.3 is 12.0 Å². The number of thiazole rings is 1. The Labute approximate surface area is 133 Å². The third-order valence-corrected chi connectivity index (χ3v) is 3.90. The van der Waals surface area contributed by atoms with Gasteiger partial charge in [0.05, 0.1) is 16.3 Å². The lowest BCUT2D eigenvalue weighted by atomic mass is 10.2. The van der Waals surface area contributed by atoms with E-state index in [-0.39, 0.29) is 11.3 Å². The van der Waals surface area contributed by atoms with Crippen molar-refractivity contribution < 1.29 is 14.7 Å². The topological polar surface area (TPSA) is 91.3 Å². The van der Waals surface area contributed by atoms with Crippen LogP contribution < -0.4 is 10.6 Å². The molecule has 6 nitrogen and oxygen atoms in total. The summed E-state index contributed by atoms with van der Waals surface area (Å²) in [6.07, 6.45) is 2.35. The van der Waals surface area contributed by atoms with Gasteiger partial charge in [-0.15, -0.1) is 11.3 Å². The van der Waals surface area contributed by atoms with Crippen LogP contribution in [0.3, 0.4) is 0 Å². The summed E-state index contributed by atoms with van der Waals surface area (Å²) in [5.74, 6) is -1.10. The number of hydrogen-bond acceptors (Lipinski definition) is 4. The summed E-state index contributed by atoms with van der Waals surface area (Å²) in [5, 5.41) is 17.1. The van der Waals surface area contributed by atoms with Crippen molar-refractivity contribution >= 4 is 45.0 Å². The molecule has 3 N–H and O–H groups in total. The largest absolute Gasteiger partial charge is 0.478 e. The molecule has 1 heterocycles. The smallest absolute Gasteiger partial charge is 0.337 e. The van der Waals surface area contributed by atoms with Gasteiger partial charge in [-0.3, -0.25) is 0 Å². The van der Waals surface area contributed by atoms with Crippen LogP contribution in [0.1, 0.15) is 15.4 Å². The molecule has 0 bridgehead atoms. The minimum Gasteiger partial charge on any atom is -0.478 e. The van der Waals surface area contributed by atoms with E-state index >= 15 is 0 Å². The quantitative estimate of drug-likeness (QED) is 0.755. The van der Waals surface area contributed by atoms with Crippen LogP contribution in [0.5, 0.6) is 0 Å². The van der Waals surface area contributed by atoms with Gasteiger partial charge in [0.2, 0.25) is 0 Å². The molecule has 2 aromatic rings. The fraction of sp³-hybridized carbons (Fsp3) is 0.154. The lowest BCUT2D eigenvalue weighted by Crippen LogP contribution is -2.31. The first-order chi connectivity index (χ1) is 10.1. The molecule has 0 aliphatic carbocycles. The first-order valence-electron chi connectivity index (χ1n) is 6.02. The van der Waals surface area contributed by atoms with Crippen molar-refractivity contribution in [1.82, 2.24) is 10.3 Å². The van der Waals surface area contributed by atoms with Gasteiger partial charge in [0.15, 0.2) is 0 Å². The summed E-state index contributed by atoms with van der Waals surface area (Å²) in [6.45, 7) is 0.429. The minimum atomic E-state index is -1.10. The van der Waals surface area contributed by atoms with Crippen LogP contribution in [0.25, 0.3) is 0 Å². The molecule has 0 unspecified atom stereocenters. The second-order valence-electron chi connectivity index (χ2n) is 4.05. The summed E-state index contributed by atoms with van der Waals surface area (Å²) in [4.78, 5) is 27.0. The molecule has 0 saturated heterocycles. The molecule has 0 aliphatic rings. The van der Waals surface area contributed by atoms with Crippen molar-refractivity contribution in [2.75, 3.05) is 11.9 Å². The Morgan fingerprint density at radius 2 is 2.19 bits per heavy atom. The maximum absolute atomic E-state index is 11.8. The molecule has 0 spiro atoms. The second-order valence-corrected chi connectivity index (χ2v) is 5.95. The molecule has 1 aromatic heterocycles. The third-order valence-electron chi connectivity index (χ3n) is 2.57. The van der Waals surface area contributed by atoms with E-state index in [2.05, 4.69) is 31.5 Å². The molecule has 110 valence electrons. The average molecular weight is 370 g/mol. The molecule has 0 radical (unpaired) electrons. The van der Waals surface area contributed by atoms with Gasteiger partial charge in [-0.05, 0) is 18.2 Å². The zero-order chi connectivity index (χ0) is 15.2. The summed E-state index contributed by atoms with van der Waals surface area (Å²) < 4.78 is 0.634. The highest BCUT2D eigenvalue weighted by molar-refractivity contribution is 9.10. The van der Waals surface area contributed by atoms with Crippen molar-refractivity contribution in [2.24, 2.45) is 0 Å². The first kappa shape index (κ1) is 15.5. The van der Waals surface area contributed by atoms with Crippen LogP contribution in [0, 0.1) is 0 Å². The number of rotatable bonds is 5. The minimum absolute atomic E-state index is 0.0273. The summed E-state index contributed by atoms with van der Waals surface area (Å²) in [5.41, 5.74) is 0.275. The van der Waals surface area contributed by atoms with Gasteiger partial charge in [0.1, 0.15) is 0 Å². The number of halogens is 1. The van der Waals surface area contributed by atoms with Gasteiger partial charge in [-0.2, -0.15) is 0 Å². The van der Waals surface area contributed by atoms with Crippen molar-refractivity contribution in [3.63, 3.8) is 0 Å². The number of anilines is 1. The second kappa shape index (κ2) is 7.19. The van der Waals surface area contributed by atoms with Crippen LogP contribution in [0.4, 0.5) is 10.5 Å². The van der Waals surface area contributed by atoms with Crippen LogP contribution >= 0.6 is 27.3 Å². The Balaban J connectivity index is 1.92. The van der Waals surface area contributed by atoms with Crippen LogP contribution in [-0.2, 0) is 6.42 Å². The molecule has 21 heavy (non-hydrogen) atoms. The zero-order valence-electron chi connectivity index (χ0n) is 10.8. The first-order valence-corrected chi connectivity index (χ1v) is 7.69. The number of nitrogens with one attached hydrogen (secondary N) is 2. The van der Waals surface area contributed by atoms with E-state index in [0.717, 1.165) is 5.01 Å². The van der Waals surface area contributed by atoms with Gasteiger partial charge in [-0.25, -0.2) is 14.6 Å². The molecular formula is C13H12BrN3O3S. The standard InChI is InChI=1S/C13H12BrN3O3S/c14-8-1-2-10(9(7-8)12(18)19)17-13(20)16-4-3-11-15-5-6-21-11/h1-2,5-7H,3-4H2,(H,18,19)(H2,16,17,20). The van der Waals surface area contributed by atoms with E-state index in [9.17, 15) is 9.59 Å². The highest BCUT2D eigenvalue weighted by Gasteiger charge is 2.12. The van der Waals surface area contributed by atoms with E-state index in [1.54, 1.807) is 12.3 Å². The highest BCUT2D eigenvalue weighted by atomic mass is 79.9. The number of carboxylic acid groups (broad SMARTS) is 1. The Morgan fingerprint density at radius 3 is 2.86 bits per heavy atom. The number of aromatic nitrogens is 1. The number of hydrogen-bond donors (Lipinski definition) is 3. The predicted molar refractivity (Wildman–Crippen MR) is 83.9 cm³/mol. The lowest BCUT2D eigenvalue weighted by Gasteiger charge is -2.10. The molecule has 8 heteroatoms. The number of nitrogens with zero attached hydrogens (tertiary/aromatic N) is 1. The summed E-state index contributed by atoms with van der Waals surface area (Å²) >= 11 is 4.72. The van der Waals surface area contributed by atoms with E-state index in [4.69, 9.17) is 5.11 Å². The summed E-state index contributed by atoms with van der Waals surface area (Å²) in [6, 6.07) is 4.19. The van der Waals surface area contributed by atoms with Crippen LogP contribution in [0.15, 0.2) is 34.2 Å². The van der Waals surface area contributed by atoms with Crippen molar-refractivity contribution in [2.45, 2.75) is 6.42 Å². The van der Waals surface area contributed by atoms with Crippen LogP contribution in [0.2, 0.25) is 0 Å². The summed E-state index contributed by atoms with van der Waals surface area (Å²) in [7, 11) is 0. The molecule has 1 aromatic carbocycles. The fourth-order valence-corrected chi connectivity index (χ4v) is 2.61. The number of urea groups is 1. The number of carbonyl (C=O) groups excluding carboxylic acids is 1. The van der Waals surface area contributed by atoms with E-state index in [1.165, 1.54) is 23.5 Å². The number of carbonyl (C=O) groups is 2. The fourth-order valence-electron chi connectivity index (χ4n) is 1.63. The van der Waals surface area contributed by atoms with E-state index in [0.29, 0.717) is 17.4 Å². The molecular weight excluding hydrogens is 358 g/mol. The number of amides is 2. The Hall–Kier alpha value is -1.93.